The Bertz CT molecular complexity index is 714. The molecule has 0 heterocycles. The lowest BCUT2D eigenvalue weighted by Crippen LogP contribution is -2.28. The van der Waals surface area contributed by atoms with Gasteiger partial charge in [-0.25, -0.2) is 0 Å². The average Bonchev–Trinajstić information content (AvgIpc) is 2.71. The quantitative estimate of drug-likeness (QED) is 0.662. The standard InChI is InChI=1S/C23H30O2S/c1-5-17-14-18(6-2)21(19(7-3)15-17)22(24)26-16-23(25,8-4)20-12-10-9-11-13-20/h9-15,25H,5-8,16H2,1-4H3. The highest BCUT2D eigenvalue weighted by atomic mass is 32.2. The van der Waals surface area contributed by atoms with Crippen molar-refractivity contribution in [3.05, 3.63) is 70.3 Å². The molecule has 2 aromatic carbocycles. The van der Waals surface area contributed by atoms with Gasteiger partial charge in [-0.2, -0.15) is 0 Å². The van der Waals surface area contributed by atoms with Gasteiger partial charge < -0.3 is 5.11 Å². The minimum absolute atomic E-state index is 0.0733. The van der Waals surface area contributed by atoms with Gasteiger partial charge in [0.25, 0.3) is 0 Å². The van der Waals surface area contributed by atoms with Crippen molar-refractivity contribution in [1.82, 2.24) is 0 Å². The Hall–Kier alpha value is -1.58. The van der Waals surface area contributed by atoms with Gasteiger partial charge >= 0.3 is 0 Å². The molecule has 0 saturated heterocycles. The molecule has 0 aliphatic heterocycles. The van der Waals surface area contributed by atoms with E-state index in [1.807, 2.05) is 37.3 Å². The molecule has 2 aromatic rings. The van der Waals surface area contributed by atoms with Crippen LogP contribution in [0.1, 0.15) is 66.7 Å². The zero-order valence-electron chi connectivity index (χ0n) is 16.3. The maximum atomic E-state index is 13.0. The van der Waals surface area contributed by atoms with Crippen LogP contribution in [0.25, 0.3) is 0 Å². The SMILES string of the molecule is CCc1cc(CC)c(C(=O)SCC(O)(CC)c2ccccc2)c(CC)c1. The molecule has 2 nitrogen and oxygen atoms in total. The van der Waals surface area contributed by atoms with Gasteiger partial charge in [-0.15, -0.1) is 0 Å². The summed E-state index contributed by atoms with van der Waals surface area (Å²) in [5.74, 6) is 0.369. The Morgan fingerprint density at radius 3 is 2.00 bits per heavy atom. The molecule has 0 bridgehead atoms. The second kappa shape index (κ2) is 9.38. The normalized spacial score (nSPS) is 13.4. The van der Waals surface area contributed by atoms with Crippen LogP contribution in [0.15, 0.2) is 42.5 Å². The van der Waals surface area contributed by atoms with Crippen molar-refractivity contribution in [2.24, 2.45) is 0 Å². The molecule has 1 N–H and O–H groups in total. The molecule has 0 aromatic heterocycles. The molecular formula is C23H30O2S. The van der Waals surface area contributed by atoms with Gasteiger partial charge in [0.15, 0.2) is 0 Å². The molecular weight excluding hydrogens is 340 g/mol. The summed E-state index contributed by atoms with van der Waals surface area (Å²) in [7, 11) is 0. The van der Waals surface area contributed by atoms with E-state index in [0.29, 0.717) is 12.2 Å². The van der Waals surface area contributed by atoms with E-state index in [4.69, 9.17) is 0 Å². The minimum atomic E-state index is -0.982. The van der Waals surface area contributed by atoms with Gasteiger partial charge in [-0.05, 0) is 47.9 Å². The first-order valence-electron chi connectivity index (χ1n) is 9.58. The molecule has 0 amide bonds. The van der Waals surface area contributed by atoms with Crippen molar-refractivity contribution in [3.8, 4) is 0 Å². The summed E-state index contributed by atoms with van der Waals surface area (Å²) >= 11 is 1.24. The molecule has 1 atom stereocenters. The van der Waals surface area contributed by atoms with Crippen LogP contribution in [-0.2, 0) is 24.9 Å². The lowest BCUT2D eigenvalue weighted by Gasteiger charge is -2.27. The molecule has 26 heavy (non-hydrogen) atoms. The molecule has 1 unspecified atom stereocenters. The van der Waals surface area contributed by atoms with E-state index in [1.54, 1.807) is 0 Å². The summed E-state index contributed by atoms with van der Waals surface area (Å²) in [5.41, 5.74) is 4.27. The van der Waals surface area contributed by atoms with Gasteiger partial charge in [-0.3, -0.25) is 4.79 Å². The largest absolute Gasteiger partial charge is 0.384 e. The van der Waals surface area contributed by atoms with Crippen molar-refractivity contribution >= 4 is 16.9 Å². The number of aryl methyl sites for hydroxylation is 3. The van der Waals surface area contributed by atoms with E-state index in [2.05, 4.69) is 32.9 Å². The van der Waals surface area contributed by atoms with E-state index < -0.39 is 5.60 Å². The van der Waals surface area contributed by atoms with Crippen molar-refractivity contribution in [1.29, 1.82) is 0 Å². The Kier molecular flexibility index (Phi) is 7.48. The van der Waals surface area contributed by atoms with Crippen LogP contribution in [-0.4, -0.2) is 16.0 Å². The maximum absolute atomic E-state index is 13.0. The molecule has 3 heteroatoms. The van der Waals surface area contributed by atoms with Crippen LogP contribution >= 0.6 is 11.8 Å². The van der Waals surface area contributed by atoms with Crippen LogP contribution < -0.4 is 0 Å². The Balaban J connectivity index is 2.27. The maximum Gasteiger partial charge on any atom is 0.220 e. The van der Waals surface area contributed by atoms with E-state index in [0.717, 1.165) is 41.5 Å². The number of rotatable bonds is 8. The van der Waals surface area contributed by atoms with Crippen LogP contribution in [0.4, 0.5) is 0 Å². The zero-order chi connectivity index (χ0) is 19.2. The molecule has 0 aliphatic carbocycles. The fourth-order valence-corrected chi connectivity index (χ4v) is 4.41. The van der Waals surface area contributed by atoms with Gasteiger partial charge in [0.05, 0.1) is 5.60 Å². The first-order valence-corrected chi connectivity index (χ1v) is 10.6. The highest BCUT2D eigenvalue weighted by molar-refractivity contribution is 8.14. The highest BCUT2D eigenvalue weighted by Crippen LogP contribution is 2.32. The van der Waals surface area contributed by atoms with Crippen molar-refractivity contribution in [2.45, 2.75) is 59.0 Å². The van der Waals surface area contributed by atoms with E-state index >= 15 is 0 Å². The van der Waals surface area contributed by atoms with Crippen molar-refractivity contribution < 1.29 is 9.90 Å². The predicted molar refractivity (Wildman–Crippen MR) is 112 cm³/mol. The summed E-state index contributed by atoms with van der Waals surface area (Å²) in [4.78, 5) is 13.0. The predicted octanol–water partition coefficient (Wildman–Crippen LogP) is 5.55. The number of hydrogen-bond donors (Lipinski definition) is 1. The fraction of sp³-hybridized carbons (Fsp3) is 0.435. The first-order chi connectivity index (χ1) is 12.5. The lowest BCUT2D eigenvalue weighted by atomic mass is 9.93. The minimum Gasteiger partial charge on any atom is -0.384 e. The number of carbonyl (C=O) groups excluding carboxylic acids is 1. The van der Waals surface area contributed by atoms with Gasteiger partial charge in [-0.1, -0.05) is 81.9 Å². The number of carbonyl (C=O) groups is 1. The third kappa shape index (κ3) is 4.57. The van der Waals surface area contributed by atoms with Gasteiger partial charge in [0.1, 0.15) is 0 Å². The third-order valence-electron chi connectivity index (χ3n) is 5.07. The van der Waals surface area contributed by atoms with E-state index in [9.17, 15) is 9.90 Å². The van der Waals surface area contributed by atoms with Crippen LogP contribution in [0.3, 0.4) is 0 Å². The molecule has 0 radical (unpaired) electrons. The average molecular weight is 371 g/mol. The molecule has 140 valence electrons. The second-order valence-corrected chi connectivity index (χ2v) is 7.63. The van der Waals surface area contributed by atoms with E-state index in [-0.39, 0.29) is 5.12 Å². The van der Waals surface area contributed by atoms with Crippen molar-refractivity contribution in [2.75, 3.05) is 5.75 Å². The summed E-state index contributed by atoms with van der Waals surface area (Å²) < 4.78 is 0. The number of thioether (sulfide) groups is 1. The van der Waals surface area contributed by atoms with Gasteiger partial charge in [0.2, 0.25) is 5.12 Å². The smallest absolute Gasteiger partial charge is 0.220 e. The topological polar surface area (TPSA) is 37.3 Å². The monoisotopic (exact) mass is 370 g/mol. The molecule has 0 aliphatic rings. The van der Waals surface area contributed by atoms with Crippen molar-refractivity contribution in [3.63, 3.8) is 0 Å². The summed E-state index contributed by atoms with van der Waals surface area (Å²) in [6.07, 6.45) is 3.25. The second-order valence-electron chi connectivity index (χ2n) is 6.68. The third-order valence-corrected chi connectivity index (χ3v) is 6.16. The summed E-state index contributed by atoms with van der Waals surface area (Å²) in [6.45, 7) is 8.30. The van der Waals surface area contributed by atoms with Crippen LogP contribution in [0.5, 0.6) is 0 Å². The van der Waals surface area contributed by atoms with E-state index in [1.165, 1.54) is 17.3 Å². The molecule has 0 saturated carbocycles. The number of hydrogen-bond acceptors (Lipinski definition) is 3. The van der Waals surface area contributed by atoms with Crippen LogP contribution in [0, 0.1) is 0 Å². The Morgan fingerprint density at radius 2 is 1.54 bits per heavy atom. The summed E-state index contributed by atoms with van der Waals surface area (Å²) in [6, 6.07) is 14.0. The zero-order valence-corrected chi connectivity index (χ0v) is 17.2. The molecule has 0 spiro atoms. The number of aliphatic hydroxyl groups is 1. The molecule has 0 fully saturated rings. The summed E-state index contributed by atoms with van der Waals surface area (Å²) in [5, 5.41) is 11.1. The molecule has 2 rings (SSSR count). The first kappa shape index (κ1) is 20.7. The number of benzene rings is 2. The lowest BCUT2D eigenvalue weighted by molar-refractivity contribution is 0.0581. The fourth-order valence-electron chi connectivity index (χ4n) is 3.26. The van der Waals surface area contributed by atoms with Crippen LogP contribution in [0.2, 0.25) is 0 Å². The Labute approximate surface area is 162 Å². The van der Waals surface area contributed by atoms with Gasteiger partial charge in [0, 0.05) is 11.3 Å². The Morgan fingerprint density at radius 1 is 0.962 bits per heavy atom. The highest BCUT2D eigenvalue weighted by Gasteiger charge is 2.29.